The molecular formula is C22H16N4O2. The van der Waals surface area contributed by atoms with Gasteiger partial charge in [-0.2, -0.15) is 5.26 Å². The van der Waals surface area contributed by atoms with Gasteiger partial charge in [-0.25, -0.2) is 4.98 Å². The summed E-state index contributed by atoms with van der Waals surface area (Å²) >= 11 is 0. The zero-order valence-corrected chi connectivity index (χ0v) is 14.9. The molecule has 0 radical (unpaired) electrons. The average molecular weight is 368 g/mol. The number of hydrogen-bond donors (Lipinski definition) is 1. The lowest BCUT2D eigenvalue weighted by atomic mass is 9.97. The van der Waals surface area contributed by atoms with Crippen LogP contribution in [-0.2, 0) is 11.3 Å². The van der Waals surface area contributed by atoms with Crippen LogP contribution in [0, 0.1) is 11.3 Å². The molecule has 6 nitrogen and oxygen atoms in total. The summed E-state index contributed by atoms with van der Waals surface area (Å²) in [5, 5.41) is 12.3. The molecule has 5 rings (SSSR count). The molecule has 3 aromatic heterocycles. The lowest BCUT2D eigenvalue weighted by molar-refractivity contribution is -0.121. The van der Waals surface area contributed by atoms with E-state index in [9.17, 15) is 10.1 Å². The number of aromatic nitrogens is 2. The van der Waals surface area contributed by atoms with Crippen molar-refractivity contribution in [1.29, 1.82) is 5.26 Å². The Hall–Kier alpha value is -3.85. The molecule has 1 N–H and O–H groups in total. The van der Waals surface area contributed by atoms with Crippen LogP contribution >= 0.6 is 0 Å². The molecule has 0 saturated heterocycles. The average Bonchev–Trinajstić information content (AvgIpc) is 3.32. The molecule has 28 heavy (non-hydrogen) atoms. The number of furan rings is 1. The smallest absolute Gasteiger partial charge is 0.221 e. The molecule has 0 aliphatic carbocycles. The minimum absolute atomic E-state index is 0.0388. The van der Waals surface area contributed by atoms with Crippen LogP contribution < -0.4 is 5.32 Å². The number of nitrogens with zero attached hydrogens (tertiary/aromatic N) is 3. The fraction of sp³-hybridized carbons (Fsp3) is 0.136. The van der Waals surface area contributed by atoms with Gasteiger partial charge in [0.15, 0.2) is 0 Å². The summed E-state index contributed by atoms with van der Waals surface area (Å²) in [6, 6.07) is 19.1. The summed E-state index contributed by atoms with van der Waals surface area (Å²) in [7, 11) is 0. The Morgan fingerprint density at radius 2 is 2.00 bits per heavy atom. The molecule has 1 aliphatic heterocycles. The minimum atomic E-state index is -0.252. The van der Waals surface area contributed by atoms with Crippen molar-refractivity contribution in [1.82, 2.24) is 14.7 Å². The second kappa shape index (κ2) is 6.39. The second-order valence-electron chi connectivity index (χ2n) is 6.77. The number of fused-ring (bicyclic) bond motifs is 3. The first-order valence-electron chi connectivity index (χ1n) is 9.06. The van der Waals surface area contributed by atoms with Crippen LogP contribution in [0.3, 0.4) is 0 Å². The van der Waals surface area contributed by atoms with Crippen LogP contribution in [0.1, 0.15) is 35.1 Å². The zero-order valence-electron chi connectivity index (χ0n) is 14.9. The van der Waals surface area contributed by atoms with E-state index in [4.69, 9.17) is 4.42 Å². The first-order valence-corrected chi connectivity index (χ1v) is 9.06. The lowest BCUT2D eigenvalue weighted by Gasteiger charge is -2.13. The molecule has 1 aliphatic rings. The number of nitrogens with one attached hydrogen (secondary N) is 1. The molecule has 0 bridgehead atoms. The van der Waals surface area contributed by atoms with E-state index >= 15 is 0 Å². The molecule has 4 heterocycles. The van der Waals surface area contributed by atoms with Crippen molar-refractivity contribution in [2.75, 3.05) is 0 Å². The van der Waals surface area contributed by atoms with E-state index in [0.717, 1.165) is 22.6 Å². The maximum absolute atomic E-state index is 12.3. The van der Waals surface area contributed by atoms with Crippen molar-refractivity contribution >= 4 is 11.6 Å². The van der Waals surface area contributed by atoms with Gasteiger partial charge in [0.25, 0.3) is 0 Å². The molecule has 0 saturated carbocycles. The predicted molar refractivity (Wildman–Crippen MR) is 102 cm³/mol. The van der Waals surface area contributed by atoms with Crippen molar-refractivity contribution < 1.29 is 9.21 Å². The van der Waals surface area contributed by atoms with E-state index < -0.39 is 0 Å². The quantitative estimate of drug-likeness (QED) is 0.586. The van der Waals surface area contributed by atoms with Gasteiger partial charge in [0, 0.05) is 18.2 Å². The highest BCUT2D eigenvalue weighted by molar-refractivity contribution is 5.78. The molecule has 1 atom stereocenters. The number of rotatable bonds is 2. The molecule has 1 unspecified atom stereocenters. The highest BCUT2D eigenvalue weighted by atomic mass is 16.3. The van der Waals surface area contributed by atoms with Gasteiger partial charge in [0.05, 0.1) is 35.5 Å². The molecular weight excluding hydrogens is 352 g/mol. The van der Waals surface area contributed by atoms with Crippen LogP contribution in [0.5, 0.6) is 0 Å². The van der Waals surface area contributed by atoms with E-state index in [-0.39, 0.29) is 18.2 Å². The number of imidazole rings is 1. The molecule has 6 heteroatoms. The Labute approximate surface area is 161 Å². The van der Waals surface area contributed by atoms with E-state index in [1.807, 2.05) is 59.1 Å². The molecule has 4 aromatic rings. The van der Waals surface area contributed by atoms with Crippen molar-refractivity contribution in [3.05, 3.63) is 83.5 Å². The van der Waals surface area contributed by atoms with Gasteiger partial charge >= 0.3 is 0 Å². The Balaban J connectivity index is 1.65. The molecule has 1 amide bonds. The Morgan fingerprint density at radius 3 is 2.89 bits per heavy atom. The lowest BCUT2D eigenvalue weighted by Crippen LogP contribution is -2.21. The van der Waals surface area contributed by atoms with E-state index in [1.54, 1.807) is 6.07 Å². The maximum atomic E-state index is 12.3. The largest absolute Gasteiger partial charge is 0.460 e. The van der Waals surface area contributed by atoms with Gasteiger partial charge < -0.3 is 14.1 Å². The first kappa shape index (κ1) is 16.3. The SMILES string of the molecule is N#Cc1ccccc1-c1ccc(C2CC(=O)NCc3nc4ccccn4c32)o1. The summed E-state index contributed by atoms with van der Waals surface area (Å²) < 4.78 is 8.18. The van der Waals surface area contributed by atoms with Crippen LogP contribution in [-0.4, -0.2) is 15.3 Å². The van der Waals surface area contributed by atoms with Crippen molar-refractivity contribution in [3.63, 3.8) is 0 Å². The van der Waals surface area contributed by atoms with Gasteiger partial charge in [-0.1, -0.05) is 18.2 Å². The number of pyridine rings is 1. The third kappa shape index (κ3) is 2.57. The molecule has 0 spiro atoms. The zero-order chi connectivity index (χ0) is 19.1. The standard InChI is InChI=1S/C22H16N4O2/c23-12-14-5-1-2-6-15(14)18-8-9-19(28-18)16-11-21(27)24-13-17-22(16)26-10-4-3-7-20(26)25-17/h1-10,16H,11,13H2,(H,24,27). The molecule has 0 fully saturated rings. The summed E-state index contributed by atoms with van der Waals surface area (Å²) in [6.45, 7) is 0.400. The topological polar surface area (TPSA) is 83.3 Å². The van der Waals surface area contributed by atoms with E-state index in [1.165, 1.54) is 0 Å². The first-order chi connectivity index (χ1) is 13.7. The number of amides is 1. The number of carbonyl (C=O) groups is 1. The van der Waals surface area contributed by atoms with E-state index in [0.29, 0.717) is 23.6 Å². The number of carbonyl (C=O) groups excluding carboxylic acids is 1. The van der Waals surface area contributed by atoms with Crippen LogP contribution in [0.4, 0.5) is 0 Å². The summed E-state index contributed by atoms with van der Waals surface area (Å²) in [4.78, 5) is 17.0. The van der Waals surface area contributed by atoms with Crippen LogP contribution in [0.15, 0.2) is 65.2 Å². The third-order valence-corrected chi connectivity index (χ3v) is 5.10. The molecule has 1 aromatic carbocycles. The Bertz CT molecular complexity index is 1240. The second-order valence-corrected chi connectivity index (χ2v) is 6.77. The summed E-state index contributed by atoms with van der Waals surface area (Å²) in [5.41, 5.74) is 3.95. The van der Waals surface area contributed by atoms with E-state index in [2.05, 4.69) is 16.4 Å². The minimum Gasteiger partial charge on any atom is -0.460 e. The van der Waals surface area contributed by atoms with Crippen LogP contribution in [0.25, 0.3) is 17.0 Å². The number of hydrogen-bond acceptors (Lipinski definition) is 4. The van der Waals surface area contributed by atoms with Crippen LogP contribution in [0.2, 0.25) is 0 Å². The van der Waals surface area contributed by atoms with Gasteiger partial charge in [0.2, 0.25) is 5.91 Å². The maximum Gasteiger partial charge on any atom is 0.221 e. The van der Waals surface area contributed by atoms with Crippen molar-refractivity contribution in [2.45, 2.75) is 18.9 Å². The number of benzene rings is 1. The summed E-state index contributed by atoms with van der Waals surface area (Å²) in [6.07, 6.45) is 2.24. The highest BCUT2D eigenvalue weighted by Gasteiger charge is 2.31. The van der Waals surface area contributed by atoms with Gasteiger partial charge in [0.1, 0.15) is 17.2 Å². The third-order valence-electron chi connectivity index (χ3n) is 5.10. The normalized spacial score (nSPS) is 16.2. The Morgan fingerprint density at radius 1 is 1.14 bits per heavy atom. The number of nitriles is 1. The molecule has 136 valence electrons. The fourth-order valence-electron chi connectivity index (χ4n) is 3.81. The fourth-order valence-corrected chi connectivity index (χ4v) is 3.81. The highest BCUT2D eigenvalue weighted by Crippen LogP contribution is 2.36. The van der Waals surface area contributed by atoms with Crippen molar-refractivity contribution in [2.24, 2.45) is 0 Å². The Kier molecular flexibility index (Phi) is 3.73. The van der Waals surface area contributed by atoms with Gasteiger partial charge in [-0.3, -0.25) is 4.79 Å². The monoisotopic (exact) mass is 368 g/mol. The van der Waals surface area contributed by atoms with Gasteiger partial charge in [-0.05, 0) is 36.4 Å². The summed E-state index contributed by atoms with van der Waals surface area (Å²) in [5.74, 6) is 1.01. The van der Waals surface area contributed by atoms with Crippen molar-refractivity contribution in [3.8, 4) is 17.4 Å². The van der Waals surface area contributed by atoms with Gasteiger partial charge in [-0.15, -0.1) is 0 Å². The predicted octanol–water partition coefficient (Wildman–Crippen LogP) is 3.62.